The van der Waals surface area contributed by atoms with Crippen LogP contribution in [-0.2, 0) is 0 Å². The maximum absolute atomic E-state index is 10.4. The molecule has 2 bridgehead atoms. The molecule has 0 spiro atoms. The first-order valence-corrected chi connectivity index (χ1v) is 7.28. The maximum atomic E-state index is 10.4. The van der Waals surface area contributed by atoms with Crippen molar-refractivity contribution in [2.75, 3.05) is 13.1 Å². The molecular formula is C14H26ClNO. The Morgan fingerprint density at radius 2 is 1.59 bits per heavy atom. The number of hydrogen-bond donors (Lipinski definition) is 1. The average molecular weight is 260 g/mol. The predicted molar refractivity (Wildman–Crippen MR) is 72.5 cm³/mol. The maximum Gasteiger partial charge on any atom is 0.0611 e. The Labute approximate surface area is 111 Å². The van der Waals surface area contributed by atoms with E-state index in [-0.39, 0.29) is 18.5 Å². The molecule has 2 nitrogen and oxygen atoms in total. The number of hydrogen-bond acceptors (Lipinski definition) is 2. The zero-order chi connectivity index (χ0) is 11.0. The molecule has 0 aromatic rings. The molecule has 2 saturated carbocycles. The molecule has 0 amide bonds. The van der Waals surface area contributed by atoms with E-state index in [0.717, 1.165) is 0 Å². The zero-order valence-corrected chi connectivity index (χ0v) is 11.5. The second-order valence-corrected chi connectivity index (χ2v) is 6.09. The van der Waals surface area contributed by atoms with Gasteiger partial charge in [0, 0.05) is 12.0 Å². The molecule has 4 atom stereocenters. The van der Waals surface area contributed by atoms with Crippen molar-refractivity contribution in [1.29, 1.82) is 0 Å². The summed E-state index contributed by atoms with van der Waals surface area (Å²) < 4.78 is 0. The van der Waals surface area contributed by atoms with Crippen molar-refractivity contribution in [1.82, 2.24) is 4.90 Å². The van der Waals surface area contributed by atoms with Crippen LogP contribution in [0.1, 0.15) is 51.4 Å². The Morgan fingerprint density at radius 3 is 2.35 bits per heavy atom. The molecule has 17 heavy (non-hydrogen) atoms. The third kappa shape index (κ3) is 2.64. The molecule has 0 radical (unpaired) electrons. The van der Waals surface area contributed by atoms with Crippen molar-refractivity contribution in [3.8, 4) is 0 Å². The van der Waals surface area contributed by atoms with Gasteiger partial charge >= 0.3 is 0 Å². The summed E-state index contributed by atoms with van der Waals surface area (Å²) in [4.78, 5) is 2.69. The zero-order valence-electron chi connectivity index (χ0n) is 10.7. The summed E-state index contributed by atoms with van der Waals surface area (Å²) in [6.45, 7) is 2.58. The molecule has 1 heterocycles. The molecule has 3 fully saturated rings. The molecule has 2 aliphatic carbocycles. The van der Waals surface area contributed by atoms with E-state index in [1.54, 1.807) is 0 Å². The summed E-state index contributed by atoms with van der Waals surface area (Å²) in [5, 5.41) is 10.4. The predicted octanol–water partition coefficient (Wildman–Crippen LogP) is 2.83. The first-order valence-electron chi connectivity index (χ1n) is 7.28. The Balaban J connectivity index is 0.00000108. The van der Waals surface area contributed by atoms with Gasteiger partial charge in [0.05, 0.1) is 6.10 Å². The van der Waals surface area contributed by atoms with Gasteiger partial charge < -0.3 is 10.0 Å². The van der Waals surface area contributed by atoms with E-state index < -0.39 is 0 Å². The first-order chi connectivity index (χ1) is 7.86. The summed E-state index contributed by atoms with van der Waals surface area (Å²) in [5.74, 6) is 1.24. The summed E-state index contributed by atoms with van der Waals surface area (Å²) >= 11 is 0. The molecule has 3 rings (SSSR count). The van der Waals surface area contributed by atoms with Gasteiger partial charge in [-0.25, -0.2) is 0 Å². The van der Waals surface area contributed by atoms with Gasteiger partial charge in [-0.05, 0) is 57.5 Å². The van der Waals surface area contributed by atoms with Crippen LogP contribution in [-0.4, -0.2) is 35.2 Å². The SMILES string of the molecule is Cl.OC1C2CCCC1C(N1CCCCC1)CC2. The highest BCUT2D eigenvalue weighted by Crippen LogP contribution is 2.42. The van der Waals surface area contributed by atoms with Crippen LogP contribution in [0.25, 0.3) is 0 Å². The van der Waals surface area contributed by atoms with Gasteiger partial charge in [-0.15, -0.1) is 12.4 Å². The van der Waals surface area contributed by atoms with E-state index in [1.807, 2.05) is 0 Å². The smallest absolute Gasteiger partial charge is 0.0611 e. The Hall–Kier alpha value is 0.210. The quantitative estimate of drug-likeness (QED) is 0.783. The third-order valence-electron chi connectivity index (χ3n) is 5.22. The molecule has 0 aromatic heterocycles. The lowest BCUT2D eigenvalue weighted by Gasteiger charge is -2.49. The van der Waals surface area contributed by atoms with E-state index in [2.05, 4.69) is 4.90 Å². The van der Waals surface area contributed by atoms with E-state index in [1.165, 1.54) is 64.5 Å². The Kier molecular flexibility index (Phi) is 4.73. The van der Waals surface area contributed by atoms with Crippen molar-refractivity contribution in [2.45, 2.75) is 63.5 Å². The van der Waals surface area contributed by atoms with E-state index in [9.17, 15) is 5.11 Å². The Morgan fingerprint density at radius 1 is 0.824 bits per heavy atom. The standard InChI is InChI=1S/C14H25NO.ClH/c16-14-11-5-4-6-12(14)13(8-7-11)15-9-2-1-3-10-15;/h11-14,16H,1-10H2;1H. The number of rotatable bonds is 1. The minimum Gasteiger partial charge on any atom is -0.392 e. The fraction of sp³-hybridized carbons (Fsp3) is 1.00. The number of aliphatic hydroxyl groups is 1. The molecule has 1 N–H and O–H groups in total. The van der Waals surface area contributed by atoms with Crippen LogP contribution in [0.15, 0.2) is 0 Å². The van der Waals surface area contributed by atoms with Gasteiger partial charge in [0.1, 0.15) is 0 Å². The van der Waals surface area contributed by atoms with Gasteiger partial charge in [0.2, 0.25) is 0 Å². The van der Waals surface area contributed by atoms with Crippen LogP contribution in [0, 0.1) is 11.8 Å². The number of nitrogens with zero attached hydrogens (tertiary/aromatic N) is 1. The second-order valence-electron chi connectivity index (χ2n) is 6.09. The van der Waals surface area contributed by atoms with Gasteiger partial charge in [-0.3, -0.25) is 0 Å². The topological polar surface area (TPSA) is 23.5 Å². The average Bonchev–Trinajstić information content (AvgIpc) is 2.30. The molecule has 1 aliphatic heterocycles. The fourth-order valence-corrected chi connectivity index (χ4v) is 4.34. The number of fused-ring (bicyclic) bond motifs is 2. The lowest BCUT2D eigenvalue weighted by molar-refractivity contribution is -0.0659. The molecule has 3 aliphatic rings. The van der Waals surface area contributed by atoms with Crippen LogP contribution in [0.4, 0.5) is 0 Å². The van der Waals surface area contributed by atoms with Crippen molar-refractivity contribution in [3.05, 3.63) is 0 Å². The number of likely N-dealkylation sites (tertiary alicyclic amines) is 1. The van der Waals surface area contributed by atoms with Crippen LogP contribution < -0.4 is 0 Å². The molecular weight excluding hydrogens is 234 g/mol. The number of halogens is 1. The molecule has 4 unspecified atom stereocenters. The van der Waals surface area contributed by atoms with Crippen molar-refractivity contribution >= 4 is 12.4 Å². The van der Waals surface area contributed by atoms with Crippen LogP contribution >= 0.6 is 12.4 Å². The van der Waals surface area contributed by atoms with Gasteiger partial charge in [-0.1, -0.05) is 12.8 Å². The van der Waals surface area contributed by atoms with E-state index in [4.69, 9.17) is 0 Å². The van der Waals surface area contributed by atoms with Crippen molar-refractivity contribution in [2.24, 2.45) is 11.8 Å². The largest absolute Gasteiger partial charge is 0.392 e. The van der Waals surface area contributed by atoms with Crippen molar-refractivity contribution in [3.63, 3.8) is 0 Å². The van der Waals surface area contributed by atoms with Crippen LogP contribution in [0.2, 0.25) is 0 Å². The normalized spacial score (nSPS) is 42.9. The Bertz CT molecular complexity index is 242. The van der Waals surface area contributed by atoms with E-state index in [0.29, 0.717) is 17.9 Å². The first kappa shape index (κ1) is 13.6. The summed E-state index contributed by atoms with van der Waals surface area (Å²) in [7, 11) is 0. The third-order valence-corrected chi connectivity index (χ3v) is 5.22. The van der Waals surface area contributed by atoms with Gasteiger partial charge in [-0.2, -0.15) is 0 Å². The minimum atomic E-state index is 0. The minimum absolute atomic E-state index is 0. The van der Waals surface area contributed by atoms with Gasteiger partial charge in [0.25, 0.3) is 0 Å². The molecule has 0 aromatic carbocycles. The molecule has 1 saturated heterocycles. The summed E-state index contributed by atoms with van der Waals surface area (Å²) in [6.07, 6.45) is 10.7. The summed E-state index contributed by atoms with van der Waals surface area (Å²) in [5.41, 5.74) is 0. The summed E-state index contributed by atoms with van der Waals surface area (Å²) in [6, 6.07) is 0.715. The van der Waals surface area contributed by atoms with Gasteiger partial charge in [0.15, 0.2) is 0 Å². The van der Waals surface area contributed by atoms with E-state index >= 15 is 0 Å². The lowest BCUT2D eigenvalue weighted by atomic mass is 9.67. The fourth-order valence-electron chi connectivity index (χ4n) is 4.34. The van der Waals surface area contributed by atoms with Crippen molar-refractivity contribution < 1.29 is 5.11 Å². The molecule has 3 heteroatoms. The number of piperidine rings is 1. The molecule has 100 valence electrons. The van der Waals surface area contributed by atoms with Crippen LogP contribution in [0.3, 0.4) is 0 Å². The second kappa shape index (κ2) is 5.90. The lowest BCUT2D eigenvalue weighted by Crippen LogP contribution is -2.53. The highest BCUT2D eigenvalue weighted by molar-refractivity contribution is 5.85. The number of aliphatic hydroxyl groups excluding tert-OH is 1. The highest BCUT2D eigenvalue weighted by atomic mass is 35.5. The highest BCUT2D eigenvalue weighted by Gasteiger charge is 2.42. The monoisotopic (exact) mass is 259 g/mol. The van der Waals surface area contributed by atoms with Crippen LogP contribution in [0.5, 0.6) is 0 Å².